The number of anilines is 2. The van der Waals surface area contributed by atoms with Gasteiger partial charge in [-0.3, -0.25) is 15.0 Å². The van der Waals surface area contributed by atoms with Crippen LogP contribution in [0, 0.1) is 6.92 Å². The van der Waals surface area contributed by atoms with Crippen molar-refractivity contribution in [1.82, 2.24) is 24.9 Å². The van der Waals surface area contributed by atoms with Crippen LogP contribution in [0.2, 0.25) is 0 Å². The number of carbonyl (C=O) groups is 2. The topological polar surface area (TPSA) is 119 Å². The second-order valence-corrected chi connectivity index (χ2v) is 11.2. The second-order valence-electron chi connectivity index (χ2n) is 11.2. The summed E-state index contributed by atoms with van der Waals surface area (Å²) in [6.45, 7) is 8.90. The molecule has 0 aliphatic carbocycles. The quantitative estimate of drug-likeness (QED) is 0.338. The molecule has 1 aliphatic rings. The molecule has 11 heteroatoms. The van der Waals surface area contributed by atoms with Gasteiger partial charge in [-0.15, -0.1) is 15.3 Å². The highest BCUT2D eigenvalue weighted by Crippen LogP contribution is 2.27. The lowest BCUT2D eigenvalue weighted by Crippen LogP contribution is -2.47. The maximum absolute atomic E-state index is 14.1. The average Bonchev–Trinajstić information content (AvgIpc) is 3.59. The van der Waals surface area contributed by atoms with Crippen LogP contribution in [0.4, 0.5) is 16.3 Å². The number of carbonyl (C=O) groups excluding carboxylic acids is 2. The van der Waals surface area contributed by atoms with Crippen LogP contribution in [0.5, 0.6) is 0 Å². The fourth-order valence-corrected chi connectivity index (χ4v) is 4.78. The minimum Gasteiger partial charge on any atom is -0.444 e. The van der Waals surface area contributed by atoms with Gasteiger partial charge in [-0.1, -0.05) is 12.1 Å². The standard InChI is InChI=1S/C30H35N7O4/c1-20-32-33-27(40-20)21-8-7-11-25(19-21)36-17-14-26(34-36)37(24-12-15-35(5)16-13-24)28(38)22-9-6-10-23(18-22)31-29(39)41-30(2,3)4/h6-11,14,17-19,24H,12-13,15-16H2,1-5H3,(H,31,39). The first-order valence-corrected chi connectivity index (χ1v) is 13.6. The van der Waals surface area contributed by atoms with Gasteiger partial charge in [-0.05, 0) is 90.1 Å². The molecule has 4 aromatic rings. The van der Waals surface area contributed by atoms with Gasteiger partial charge in [0.2, 0.25) is 11.8 Å². The Morgan fingerprint density at radius 2 is 1.80 bits per heavy atom. The Morgan fingerprint density at radius 3 is 2.51 bits per heavy atom. The third-order valence-electron chi connectivity index (χ3n) is 6.73. The molecular weight excluding hydrogens is 522 g/mol. The third-order valence-corrected chi connectivity index (χ3v) is 6.73. The molecule has 2 amide bonds. The van der Waals surface area contributed by atoms with E-state index in [0.717, 1.165) is 37.2 Å². The molecule has 214 valence electrons. The van der Waals surface area contributed by atoms with Gasteiger partial charge in [-0.2, -0.15) is 0 Å². The predicted octanol–water partition coefficient (Wildman–Crippen LogP) is 5.32. The Bertz CT molecular complexity index is 1530. The summed E-state index contributed by atoms with van der Waals surface area (Å²) in [5.74, 6) is 1.28. The van der Waals surface area contributed by atoms with E-state index in [0.29, 0.717) is 28.9 Å². The Labute approximate surface area is 239 Å². The number of hydrogen-bond donors (Lipinski definition) is 1. The van der Waals surface area contributed by atoms with Gasteiger partial charge in [0.1, 0.15) is 5.60 Å². The van der Waals surface area contributed by atoms with Crippen molar-refractivity contribution in [3.8, 4) is 17.1 Å². The molecule has 2 aromatic carbocycles. The summed E-state index contributed by atoms with van der Waals surface area (Å²) in [6.07, 6.45) is 2.89. The highest BCUT2D eigenvalue weighted by Gasteiger charge is 2.31. The fraction of sp³-hybridized carbons (Fsp3) is 0.367. The van der Waals surface area contributed by atoms with Crippen molar-refractivity contribution in [1.29, 1.82) is 0 Å². The molecule has 5 rings (SSSR count). The van der Waals surface area contributed by atoms with Crippen LogP contribution < -0.4 is 10.2 Å². The molecule has 1 N–H and O–H groups in total. The van der Waals surface area contributed by atoms with Crippen molar-refractivity contribution in [2.75, 3.05) is 30.4 Å². The lowest BCUT2D eigenvalue weighted by Gasteiger charge is -2.36. The number of benzene rings is 2. The molecule has 1 fully saturated rings. The van der Waals surface area contributed by atoms with E-state index in [2.05, 4.69) is 27.5 Å². The number of piperidine rings is 1. The van der Waals surface area contributed by atoms with E-state index in [9.17, 15) is 9.59 Å². The summed E-state index contributed by atoms with van der Waals surface area (Å²) < 4.78 is 12.7. The summed E-state index contributed by atoms with van der Waals surface area (Å²) in [6, 6.07) is 16.3. The minimum absolute atomic E-state index is 0.0303. The van der Waals surface area contributed by atoms with Gasteiger partial charge in [0.15, 0.2) is 5.82 Å². The predicted molar refractivity (Wildman–Crippen MR) is 155 cm³/mol. The Balaban J connectivity index is 1.43. The van der Waals surface area contributed by atoms with Crippen LogP contribution in [0.15, 0.2) is 65.2 Å². The van der Waals surface area contributed by atoms with Crippen molar-refractivity contribution >= 4 is 23.5 Å². The molecule has 11 nitrogen and oxygen atoms in total. The van der Waals surface area contributed by atoms with Gasteiger partial charge in [-0.25, -0.2) is 9.48 Å². The maximum atomic E-state index is 14.1. The van der Waals surface area contributed by atoms with Gasteiger partial charge in [0.05, 0.1) is 5.69 Å². The summed E-state index contributed by atoms with van der Waals surface area (Å²) in [5, 5.41) is 15.6. The number of nitrogens with one attached hydrogen (secondary N) is 1. The number of aryl methyl sites for hydroxylation is 1. The van der Waals surface area contributed by atoms with E-state index in [1.807, 2.05) is 36.5 Å². The monoisotopic (exact) mass is 557 g/mol. The van der Waals surface area contributed by atoms with E-state index in [4.69, 9.17) is 14.3 Å². The van der Waals surface area contributed by atoms with Gasteiger partial charge in [0, 0.05) is 42.0 Å². The highest BCUT2D eigenvalue weighted by molar-refractivity contribution is 6.06. The number of amides is 2. The molecule has 2 aromatic heterocycles. The zero-order valence-electron chi connectivity index (χ0n) is 24.0. The van der Waals surface area contributed by atoms with E-state index < -0.39 is 11.7 Å². The van der Waals surface area contributed by atoms with E-state index >= 15 is 0 Å². The number of hydrogen-bond acceptors (Lipinski definition) is 8. The van der Waals surface area contributed by atoms with Crippen molar-refractivity contribution in [3.05, 3.63) is 72.2 Å². The van der Waals surface area contributed by atoms with Gasteiger partial charge >= 0.3 is 6.09 Å². The first kappa shape index (κ1) is 28.0. The van der Waals surface area contributed by atoms with Crippen molar-refractivity contribution in [2.45, 2.75) is 52.2 Å². The van der Waals surface area contributed by atoms with Gasteiger partial charge < -0.3 is 14.1 Å². The molecule has 0 saturated carbocycles. The number of nitrogens with zero attached hydrogens (tertiary/aromatic N) is 6. The molecular formula is C30H35N7O4. The lowest BCUT2D eigenvalue weighted by atomic mass is 10.0. The Hall–Kier alpha value is -4.51. The zero-order valence-corrected chi connectivity index (χ0v) is 24.0. The molecule has 0 radical (unpaired) electrons. The van der Waals surface area contributed by atoms with Crippen LogP contribution in [-0.4, -0.2) is 68.7 Å². The van der Waals surface area contributed by atoms with Gasteiger partial charge in [0.25, 0.3) is 5.91 Å². The first-order chi connectivity index (χ1) is 19.6. The second kappa shape index (κ2) is 11.5. The molecule has 3 heterocycles. The SMILES string of the molecule is Cc1nnc(-c2cccc(-n3ccc(N(C(=O)c4cccc(NC(=O)OC(C)(C)C)c4)C4CCN(C)CC4)n3)c2)o1. The van der Waals surface area contributed by atoms with E-state index in [1.54, 1.807) is 61.5 Å². The summed E-state index contributed by atoms with van der Waals surface area (Å²) >= 11 is 0. The van der Waals surface area contributed by atoms with Crippen molar-refractivity contribution in [2.24, 2.45) is 0 Å². The van der Waals surface area contributed by atoms with Crippen LogP contribution in [-0.2, 0) is 4.74 Å². The highest BCUT2D eigenvalue weighted by atomic mass is 16.6. The Kier molecular flexibility index (Phi) is 7.89. The average molecular weight is 558 g/mol. The molecule has 0 unspecified atom stereocenters. The molecule has 1 saturated heterocycles. The van der Waals surface area contributed by atoms with E-state index in [1.165, 1.54) is 0 Å². The first-order valence-electron chi connectivity index (χ1n) is 13.6. The molecule has 0 bridgehead atoms. The Morgan fingerprint density at radius 1 is 1.05 bits per heavy atom. The number of likely N-dealkylation sites (tertiary alicyclic amines) is 1. The number of ether oxygens (including phenoxy) is 1. The normalized spacial score (nSPS) is 14.6. The molecule has 41 heavy (non-hydrogen) atoms. The molecule has 0 spiro atoms. The summed E-state index contributed by atoms with van der Waals surface area (Å²) in [5.41, 5.74) is 1.86. The largest absolute Gasteiger partial charge is 0.444 e. The lowest BCUT2D eigenvalue weighted by molar-refractivity contribution is 0.0635. The summed E-state index contributed by atoms with van der Waals surface area (Å²) in [4.78, 5) is 30.4. The van der Waals surface area contributed by atoms with Crippen molar-refractivity contribution in [3.63, 3.8) is 0 Å². The zero-order chi connectivity index (χ0) is 29.1. The number of rotatable bonds is 6. The van der Waals surface area contributed by atoms with E-state index in [-0.39, 0.29) is 11.9 Å². The van der Waals surface area contributed by atoms with Crippen LogP contribution in [0.1, 0.15) is 49.9 Å². The van der Waals surface area contributed by atoms with Crippen molar-refractivity contribution < 1.29 is 18.7 Å². The third kappa shape index (κ3) is 6.80. The summed E-state index contributed by atoms with van der Waals surface area (Å²) in [7, 11) is 2.08. The maximum Gasteiger partial charge on any atom is 0.412 e. The van der Waals surface area contributed by atoms with Crippen LogP contribution in [0.3, 0.4) is 0 Å². The fourth-order valence-electron chi connectivity index (χ4n) is 4.78. The molecule has 1 aliphatic heterocycles. The smallest absolute Gasteiger partial charge is 0.412 e. The minimum atomic E-state index is -0.634. The number of aromatic nitrogens is 4. The van der Waals surface area contributed by atoms with Crippen LogP contribution in [0.25, 0.3) is 17.1 Å². The molecule has 0 atom stereocenters. The van der Waals surface area contributed by atoms with Crippen LogP contribution >= 0.6 is 0 Å².